The highest BCUT2D eigenvalue weighted by molar-refractivity contribution is 7.17. The van der Waals surface area contributed by atoms with Gasteiger partial charge in [-0.1, -0.05) is 18.2 Å². The van der Waals surface area contributed by atoms with Crippen molar-refractivity contribution in [2.75, 3.05) is 13.6 Å². The number of rotatable bonds is 3. The molecule has 0 fully saturated rings. The maximum absolute atomic E-state index is 12.3. The van der Waals surface area contributed by atoms with E-state index in [9.17, 15) is 9.90 Å². The maximum Gasteiger partial charge on any atom is 0.255 e. The summed E-state index contributed by atoms with van der Waals surface area (Å²) in [6.07, 6.45) is 0. The molecular formula is C14H17NO2S. The molecule has 96 valence electrons. The van der Waals surface area contributed by atoms with Gasteiger partial charge in [-0.25, -0.2) is 0 Å². The standard InChI is InChI=1S/C14H17NO2S/c1-14(2,17)9-15(3)13(16)11-8-18-12-7-5-4-6-10(11)12/h4-8,17H,9H2,1-3H3. The average molecular weight is 263 g/mol. The van der Waals surface area contributed by atoms with Crippen LogP contribution < -0.4 is 0 Å². The summed E-state index contributed by atoms with van der Waals surface area (Å²) in [5.74, 6) is -0.0467. The number of amides is 1. The van der Waals surface area contributed by atoms with E-state index in [1.807, 2.05) is 29.6 Å². The van der Waals surface area contributed by atoms with Crippen LogP contribution in [0.2, 0.25) is 0 Å². The second-order valence-electron chi connectivity index (χ2n) is 5.12. The third kappa shape index (κ3) is 2.71. The zero-order valence-corrected chi connectivity index (χ0v) is 11.6. The van der Waals surface area contributed by atoms with Gasteiger partial charge in [0.05, 0.1) is 11.2 Å². The third-order valence-corrected chi connectivity index (χ3v) is 3.65. The Morgan fingerprint density at radius 2 is 2.06 bits per heavy atom. The lowest BCUT2D eigenvalue weighted by atomic mass is 10.1. The molecule has 0 unspecified atom stereocenters. The van der Waals surface area contributed by atoms with E-state index in [4.69, 9.17) is 0 Å². The Labute approximate surface area is 111 Å². The van der Waals surface area contributed by atoms with Crippen LogP contribution in [-0.4, -0.2) is 35.1 Å². The van der Waals surface area contributed by atoms with Crippen molar-refractivity contribution in [1.82, 2.24) is 4.90 Å². The molecule has 0 saturated heterocycles. The summed E-state index contributed by atoms with van der Waals surface area (Å²) >= 11 is 1.57. The number of aliphatic hydroxyl groups is 1. The van der Waals surface area contributed by atoms with Crippen molar-refractivity contribution in [3.05, 3.63) is 35.2 Å². The quantitative estimate of drug-likeness (QED) is 0.925. The third-order valence-electron chi connectivity index (χ3n) is 2.68. The summed E-state index contributed by atoms with van der Waals surface area (Å²) < 4.78 is 1.11. The molecule has 0 atom stereocenters. The van der Waals surface area contributed by atoms with Crippen LogP contribution in [0.5, 0.6) is 0 Å². The predicted octanol–water partition coefficient (Wildman–Crippen LogP) is 2.74. The molecule has 1 aromatic carbocycles. The summed E-state index contributed by atoms with van der Waals surface area (Å²) in [4.78, 5) is 13.9. The fourth-order valence-corrected chi connectivity index (χ4v) is 2.94. The first-order valence-corrected chi connectivity index (χ1v) is 6.70. The molecule has 4 heteroatoms. The normalized spacial score (nSPS) is 11.8. The molecule has 3 nitrogen and oxygen atoms in total. The van der Waals surface area contributed by atoms with E-state index in [0.29, 0.717) is 12.1 Å². The number of carbonyl (C=O) groups is 1. The minimum absolute atomic E-state index is 0.0467. The molecule has 0 aliphatic heterocycles. The topological polar surface area (TPSA) is 40.5 Å². The number of likely N-dealkylation sites (N-methyl/N-ethyl adjacent to an activating group) is 1. The lowest BCUT2D eigenvalue weighted by Crippen LogP contribution is -2.39. The van der Waals surface area contributed by atoms with Crippen LogP contribution in [0.15, 0.2) is 29.6 Å². The molecule has 0 radical (unpaired) electrons. The van der Waals surface area contributed by atoms with Crippen molar-refractivity contribution in [3.63, 3.8) is 0 Å². The Morgan fingerprint density at radius 1 is 1.39 bits per heavy atom. The van der Waals surface area contributed by atoms with Crippen molar-refractivity contribution in [2.45, 2.75) is 19.4 Å². The minimum Gasteiger partial charge on any atom is -0.389 e. The molecule has 0 aliphatic carbocycles. The molecule has 18 heavy (non-hydrogen) atoms. The summed E-state index contributed by atoms with van der Waals surface area (Å²) in [6, 6.07) is 7.86. The molecule has 0 bridgehead atoms. The van der Waals surface area contributed by atoms with Crippen LogP contribution in [0.1, 0.15) is 24.2 Å². The van der Waals surface area contributed by atoms with Crippen molar-refractivity contribution >= 4 is 27.3 Å². The maximum atomic E-state index is 12.3. The number of nitrogens with zero attached hydrogens (tertiary/aromatic N) is 1. The minimum atomic E-state index is -0.879. The van der Waals surface area contributed by atoms with Crippen LogP contribution >= 0.6 is 11.3 Å². The zero-order chi connectivity index (χ0) is 13.3. The summed E-state index contributed by atoms with van der Waals surface area (Å²) in [5.41, 5.74) is -0.168. The first-order chi connectivity index (χ1) is 8.38. The molecule has 0 aliphatic rings. The van der Waals surface area contributed by atoms with Gasteiger partial charge >= 0.3 is 0 Å². The Hall–Kier alpha value is -1.39. The van der Waals surface area contributed by atoms with Crippen molar-refractivity contribution in [2.24, 2.45) is 0 Å². The number of thiophene rings is 1. The highest BCUT2D eigenvalue weighted by atomic mass is 32.1. The average Bonchev–Trinajstić information content (AvgIpc) is 2.69. The van der Waals surface area contributed by atoms with E-state index < -0.39 is 5.60 Å². The molecule has 1 N–H and O–H groups in total. The van der Waals surface area contributed by atoms with Gasteiger partial charge in [-0.15, -0.1) is 11.3 Å². The monoisotopic (exact) mass is 263 g/mol. The van der Waals surface area contributed by atoms with E-state index in [-0.39, 0.29) is 5.91 Å². The van der Waals surface area contributed by atoms with E-state index >= 15 is 0 Å². The molecule has 1 amide bonds. The summed E-state index contributed by atoms with van der Waals surface area (Å²) in [5, 5.41) is 12.6. The molecule has 2 aromatic rings. The SMILES string of the molecule is CN(CC(C)(C)O)C(=O)c1csc2ccccc12. The Balaban J connectivity index is 2.29. The second kappa shape index (κ2) is 4.71. The Morgan fingerprint density at radius 3 is 2.72 bits per heavy atom. The molecule has 2 rings (SSSR count). The number of carbonyl (C=O) groups excluding carboxylic acids is 1. The van der Waals surface area contributed by atoms with E-state index in [0.717, 1.165) is 10.1 Å². The molecular weight excluding hydrogens is 246 g/mol. The van der Waals surface area contributed by atoms with Gasteiger partial charge in [0, 0.05) is 29.1 Å². The van der Waals surface area contributed by atoms with E-state index in [1.54, 1.807) is 37.1 Å². The Kier molecular flexibility index (Phi) is 3.41. The van der Waals surface area contributed by atoms with Gasteiger partial charge < -0.3 is 10.0 Å². The van der Waals surface area contributed by atoms with Crippen LogP contribution in [0.4, 0.5) is 0 Å². The van der Waals surface area contributed by atoms with Crippen LogP contribution in [0.25, 0.3) is 10.1 Å². The van der Waals surface area contributed by atoms with Crippen LogP contribution in [0, 0.1) is 0 Å². The highest BCUT2D eigenvalue weighted by Crippen LogP contribution is 2.26. The number of benzene rings is 1. The fraction of sp³-hybridized carbons (Fsp3) is 0.357. The van der Waals surface area contributed by atoms with Gasteiger partial charge in [0.25, 0.3) is 5.91 Å². The number of hydrogen-bond donors (Lipinski definition) is 1. The van der Waals surface area contributed by atoms with Gasteiger partial charge in [-0.05, 0) is 19.9 Å². The first-order valence-electron chi connectivity index (χ1n) is 5.82. The van der Waals surface area contributed by atoms with Crippen molar-refractivity contribution in [1.29, 1.82) is 0 Å². The number of fused-ring (bicyclic) bond motifs is 1. The van der Waals surface area contributed by atoms with Crippen molar-refractivity contribution < 1.29 is 9.90 Å². The van der Waals surface area contributed by atoms with Gasteiger partial charge in [0.2, 0.25) is 0 Å². The predicted molar refractivity (Wildman–Crippen MR) is 75.1 cm³/mol. The smallest absolute Gasteiger partial charge is 0.255 e. The lowest BCUT2D eigenvalue weighted by Gasteiger charge is -2.25. The molecule has 1 aromatic heterocycles. The highest BCUT2D eigenvalue weighted by Gasteiger charge is 2.22. The zero-order valence-electron chi connectivity index (χ0n) is 10.8. The summed E-state index contributed by atoms with van der Waals surface area (Å²) in [6.45, 7) is 3.71. The van der Waals surface area contributed by atoms with Gasteiger partial charge in [0.1, 0.15) is 0 Å². The van der Waals surface area contributed by atoms with Gasteiger partial charge in [-0.2, -0.15) is 0 Å². The fourth-order valence-electron chi connectivity index (χ4n) is 2.00. The first kappa shape index (κ1) is 13.1. The van der Waals surface area contributed by atoms with Gasteiger partial charge in [-0.3, -0.25) is 4.79 Å². The van der Waals surface area contributed by atoms with Crippen molar-refractivity contribution in [3.8, 4) is 0 Å². The molecule has 0 saturated carbocycles. The van der Waals surface area contributed by atoms with Crippen LogP contribution in [0.3, 0.4) is 0 Å². The van der Waals surface area contributed by atoms with E-state index in [1.165, 1.54) is 0 Å². The van der Waals surface area contributed by atoms with Crippen LogP contribution in [-0.2, 0) is 0 Å². The molecule has 0 spiro atoms. The Bertz CT molecular complexity index is 568. The number of hydrogen-bond acceptors (Lipinski definition) is 3. The lowest BCUT2D eigenvalue weighted by molar-refractivity contribution is 0.0369. The van der Waals surface area contributed by atoms with Gasteiger partial charge in [0.15, 0.2) is 0 Å². The summed E-state index contributed by atoms with van der Waals surface area (Å²) in [7, 11) is 1.72. The molecule has 1 heterocycles. The van der Waals surface area contributed by atoms with E-state index in [2.05, 4.69) is 0 Å². The second-order valence-corrected chi connectivity index (χ2v) is 6.03. The largest absolute Gasteiger partial charge is 0.389 e.